The highest BCUT2D eigenvalue weighted by molar-refractivity contribution is 9.10. The molecule has 0 saturated carbocycles. The summed E-state index contributed by atoms with van der Waals surface area (Å²) in [5.74, 6) is -0.253. The Morgan fingerprint density at radius 1 is 1.25 bits per heavy atom. The predicted octanol–water partition coefficient (Wildman–Crippen LogP) is 3.54. The highest BCUT2D eigenvalue weighted by Crippen LogP contribution is 2.24. The second kappa shape index (κ2) is 6.51. The van der Waals surface area contributed by atoms with E-state index in [1.54, 1.807) is 12.1 Å². The SMILES string of the molecule is N#Cc1ccc(OC(CN)c2ccc(Br)cc2)cc1F. The van der Waals surface area contributed by atoms with Gasteiger partial charge in [0.15, 0.2) is 0 Å². The van der Waals surface area contributed by atoms with E-state index in [2.05, 4.69) is 15.9 Å². The van der Waals surface area contributed by atoms with Crippen molar-refractivity contribution in [3.63, 3.8) is 0 Å². The van der Waals surface area contributed by atoms with Crippen molar-refractivity contribution < 1.29 is 9.13 Å². The number of halogens is 2. The summed E-state index contributed by atoms with van der Waals surface area (Å²) in [6.45, 7) is 0.267. The highest BCUT2D eigenvalue weighted by Gasteiger charge is 2.12. The van der Waals surface area contributed by atoms with Gasteiger partial charge < -0.3 is 10.5 Å². The molecule has 2 rings (SSSR count). The van der Waals surface area contributed by atoms with Crippen LogP contribution in [0.15, 0.2) is 46.9 Å². The number of ether oxygens (including phenoxy) is 1. The molecule has 5 heteroatoms. The number of rotatable bonds is 4. The first kappa shape index (κ1) is 14.5. The van der Waals surface area contributed by atoms with Crippen molar-refractivity contribution in [1.82, 2.24) is 0 Å². The third-order valence-electron chi connectivity index (χ3n) is 2.80. The molecule has 0 radical (unpaired) electrons. The minimum absolute atomic E-state index is 0.00899. The van der Waals surface area contributed by atoms with Crippen LogP contribution in [-0.4, -0.2) is 6.54 Å². The molecule has 0 aliphatic rings. The van der Waals surface area contributed by atoms with Crippen molar-refractivity contribution in [1.29, 1.82) is 5.26 Å². The topological polar surface area (TPSA) is 59.0 Å². The van der Waals surface area contributed by atoms with Gasteiger partial charge in [-0.2, -0.15) is 5.26 Å². The van der Waals surface area contributed by atoms with Gasteiger partial charge in [0.2, 0.25) is 0 Å². The molecule has 0 aliphatic carbocycles. The van der Waals surface area contributed by atoms with Crippen molar-refractivity contribution in [2.75, 3.05) is 6.54 Å². The van der Waals surface area contributed by atoms with Crippen LogP contribution in [0.3, 0.4) is 0 Å². The molecule has 1 unspecified atom stereocenters. The van der Waals surface area contributed by atoms with Gasteiger partial charge in [0, 0.05) is 17.1 Å². The highest BCUT2D eigenvalue weighted by atomic mass is 79.9. The minimum atomic E-state index is -0.600. The lowest BCUT2D eigenvalue weighted by atomic mass is 10.1. The smallest absolute Gasteiger partial charge is 0.144 e. The monoisotopic (exact) mass is 334 g/mol. The Morgan fingerprint density at radius 2 is 1.95 bits per heavy atom. The fourth-order valence-electron chi connectivity index (χ4n) is 1.75. The van der Waals surface area contributed by atoms with E-state index >= 15 is 0 Å². The van der Waals surface area contributed by atoms with Crippen LogP contribution in [0.5, 0.6) is 5.75 Å². The van der Waals surface area contributed by atoms with E-state index in [-0.39, 0.29) is 18.2 Å². The summed E-state index contributed by atoms with van der Waals surface area (Å²) < 4.78 is 20.2. The Labute approximate surface area is 124 Å². The zero-order valence-corrected chi connectivity index (χ0v) is 12.1. The van der Waals surface area contributed by atoms with E-state index in [0.717, 1.165) is 10.0 Å². The quantitative estimate of drug-likeness (QED) is 0.930. The fraction of sp³-hybridized carbons (Fsp3) is 0.133. The minimum Gasteiger partial charge on any atom is -0.484 e. The van der Waals surface area contributed by atoms with Gasteiger partial charge in [0.05, 0.1) is 5.56 Å². The number of benzene rings is 2. The van der Waals surface area contributed by atoms with E-state index in [0.29, 0.717) is 5.75 Å². The average molecular weight is 335 g/mol. The summed E-state index contributed by atoms with van der Waals surface area (Å²) in [6.07, 6.45) is -0.365. The van der Waals surface area contributed by atoms with Crippen LogP contribution in [-0.2, 0) is 0 Å². The molecule has 0 spiro atoms. The van der Waals surface area contributed by atoms with Gasteiger partial charge in [-0.15, -0.1) is 0 Å². The molecule has 2 aromatic rings. The first-order valence-electron chi connectivity index (χ1n) is 5.96. The van der Waals surface area contributed by atoms with Gasteiger partial charge >= 0.3 is 0 Å². The average Bonchev–Trinajstić information content (AvgIpc) is 2.46. The van der Waals surface area contributed by atoms with Crippen molar-refractivity contribution in [3.05, 3.63) is 63.9 Å². The van der Waals surface area contributed by atoms with E-state index in [1.165, 1.54) is 12.1 Å². The molecule has 1 atom stereocenters. The Bertz CT molecular complexity index is 637. The van der Waals surface area contributed by atoms with Gasteiger partial charge in [0.1, 0.15) is 23.7 Å². The standard InChI is InChI=1S/C15H12BrFN2O/c16-12-4-1-10(2-5-12)15(9-19)20-13-6-3-11(8-18)14(17)7-13/h1-7,15H,9,19H2. The summed E-state index contributed by atoms with van der Waals surface area (Å²) in [6, 6.07) is 13.5. The van der Waals surface area contributed by atoms with E-state index in [4.69, 9.17) is 15.7 Å². The third kappa shape index (κ3) is 3.35. The molecule has 2 aromatic carbocycles. The molecular weight excluding hydrogens is 323 g/mol. The Morgan fingerprint density at radius 3 is 2.50 bits per heavy atom. The van der Waals surface area contributed by atoms with Gasteiger partial charge in [-0.05, 0) is 29.8 Å². The molecule has 0 fully saturated rings. The zero-order chi connectivity index (χ0) is 14.5. The maximum Gasteiger partial charge on any atom is 0.144 e. The number of nitrogens with two attached hydrogens (primary N) is 1. The van der Waals surface area contributed by atoms with E-state index in [9.17, 15) is 4.39 Å². The molecule has 0 heterocycles. The lowest BCUT2D eigenvalue weighted by Crippen LogP contribution is -2.18. The predicted molar refractivity (Wildman–Crippen MR) is 77.7 cm³/mol. The van der Waals surface area contributed by atoms with Crippen molar-refractivity contribution in [2.24, 2.45) is 5.73 Å². The van der Waals surface area contributed by atoms with Crippen molar-refractivity contribution in [2.45, 2.75) is 6.10 Å². The number of nitrogens with zero attached hydrogens (tertiary/aromatic N) is 1. The van der Waals surface area contributed by atoms with Gasteiger partial charge in [-0.3, -0.25) is 0 Å². The van der Waals surface area contributed by atoms with Gasteiger partial charge in [0.25, 0.3) is 0 Å². The maximum absolute atomic E-state index is 13.5. The second-order valence-electron chi connectivity index (χ2n) is 4.15. The summed E-state index contributed by atoms with van der Waals surface area (Å²) >= 11 is 3.36. The molecule has 3 nitrogen and oxygen atoms in total. The Kier molecular flexibility index (Phi) is 4.72. The second-order valence-corrected chi connectivity index (χ2v) is 5.06. The lowest BCUT2D eigenvalue weighted by Gasteiger charge is -2.18. The number of hydrogen-bond acceptors (Lipinski definition) is 3. The number of hydrogen-bond donors (Lipinski definition) is 1. The van der Waals surface area contributed by atoms with E-state index < -0.39 is 5.82 Å². The van der Waals surface area contributed by atoms with Gasteiger partial charge in [-0.25, -0.2) is 4.39 Å². The Hall–Kier alpha value is -1.90. The molecule has 102 valence electrons. The molecule has 0 aliphatic heterocycles. The molecule has 20 heavy (non-hydrogen) atoms. The normalized spacial score (nSPS) is 11.7. The summed E-state index contributed by atoms with van der Waals surface area (Å²) in [5, 5.41) is 8.69. The summed E-state index contributed by atoms with van der Waals surface area (Å²) in [7, 11) is 0. The molecular formula is C15H12BrFN2O. The largest absolute Gasteiger partial charge is 0.484 e. The summed E-state index contributed by atoms with van der Waals surface area (Å²) in [4.78, 5) is 0. The van der Waals surface area contributed by atoms with Crippen LogP contribution in [0.25, 0.3) is 0 Å². The maximum atomic E-state index is 13.5. The van der Waals surface area contributed by atoms with Crippen molar-refractivity contribution in [3.8, 4) is 11.8 Å². The van der Waals surface area contributed by atoms with Crippen LogP contribution >= 0.6 is 15.9 Å². The molecule has 0 aromatic heterocycles. The third-order valence-corrected chi connectivity index (χ3v) is 3.32. The molecule has 0 saturated heterocycles. The van der Waals surface area contributed by atoms with Crippen LogP contribution in [0.1, 0.15) is 17.2 Å². The summed E-state index contributed by atoms with van der Waals surface area (Å²) in [5.41, 5.74) is 6.60. The van der Waals surface area contributed by atoms with E-state index in [1.807, 2.05) is 24.3 Å². The first-order valence-corrected chi connectivity index (χ1v) is 6.75. The van der Waals surface area contributed by atoms with Crippen molar-refractivity contribution >= 4 is 15.9 Å². The molecule has 0 bridgehead atoms. The Balaban J connectivity index is 2.20. The van der Waals surface area contributed by atoms with Crippen LogP contribution in [0, 0.1) is 17.1 Å². The number of nitriles is 1. The van der Waals surface area contributed by atoms with Crippen LogP contribution in [0.2, 0.25) is 0 Å². The first-order chi connectivity index (χ1) is 9.63. The zero-order valence-electron chi connectivity index (χ0n) is 10.5. The van der Waals surface area contributed by atoms with Crippen LogP contribution < -0.4 is 10.5 Å². The van der Waals surface area contributed by atoms with Crippen LogP contribution in [0.4, 0.5) is 4.39 Å². The molecule has 0 amide bonds. The fourth-order valence-corrected chi connectivity index (χ4v) is 2.02. The molecule has 2 N–H and O–H groups in total. The lowest BCUT2D eigenvalue weighted by molar-refractivity contribution is 0.213. The van der Waals surface area contributed by atoms with Gasteiger partial charge in [-0.1, -0.05) is 28.1 Å².